The SMILES string of the molecule is COCCCN1CCC(Nc2cncc(Br)c2)CC1. The fourth-order valence-electron chi connectivity index (χ4n) is 2.46. The van der Waals surface area contributed by atoms with Crippen LogP contribution in [0.1, 0.15) is 19.3 Å². The molecule has 0 aliphatic carbocycles. The number of anilines is 1. The van der Waals surface area contributed by atoms with Crippen molar-refractivity contribution in [3.8, 4) is 0 Å². The van der Waals surface area contributed by atoms with Crippen LogP contribution >= 0.6 is 15.9 Å². The molecular formula is C14H22BrN3O. The topological polar surface area (TPSA) is 37.4 Å². The Kier molecular flexibility index (Phi) is 6.07. The number of nitrogens with zero attached hydrogens (tertiary/aromatic N) is 2. The van der Waals surface area contributed by atoms with Crippen LogP contribution in [-0.2, 0) is 4.74 Å². The molecule has 5 heteroatoms. The van der Waals surface area contributed by atoms with Gasteiger partial charge in [-0.2, -0.15) is 0 Å². The zero-order valence-electron chi connectivity index (χ0n) is 11.4. The molecule has 4 nitrogen and oxygen atoms in total. The molecule has 0 unspecified atom stereocenters. The predicted octanol–water partition coefficient (Wildman–Crippen LogP) is 2.76. The van der Waals surface area contributed by atoms with E-state index in [1.54, 1.807) is 7.11 Å². The van der Waals surface area contributed by atoms with E-state index in [4.69, 9.17) is 4.74 Å². The average molecular weight is 328 g/mol. The number of rotatable bonds is 6. The summed E-state index contributed by atoms with van der Waals surface area (Å²) in [6, 6.07) is 2.65. The summed E-state index contributed by atoms with van der Waals surface area (Å²) in [7, 11) is 1.77. The maximum atomic E-state index is 5.09. The van der Waals surface area contributed by atoms with Crippen molar-refractivity contribution in [1.82, 2.24) is 9.88 Å². The Hall–Kier alpha value is -0.650. The van der Waals surface area contributed by atoms with Crippen molar-refractivity contribution in [1.29, 1.82) is 0 Å². The van der Waals surface area contributed by atoms with Crippen molar-refractivity contribution in [2.75, 3.05) is 38.7 Å². The molecule has 0 amide bonds. The normalized spacial score (nSPS) is 17.6. The van der Waals surface area contributed by atoms with Gasteiger partial charge in [-0.1, -0.05) is 0 Å². The van der Waals surface area contributed by atoms with E-state index in [0.29, 0.717) is 6.04 Å². The van der Waals surface area contributed by atoms with Crippen LogP contribution in [0.25, 0.3) is 0 Å². The van der Waals surface area contributed by atoms with Crippen LogP contribution in [0.3, 0.4) is 0 Å². The predicted molar refractivity (Wildman–Crippen MR) is 81.5 cm³/mol. The Balaban J connectivity index is 1.71. The lowest BCUT2D eigenvalue weighted by Gasteiger charge is -2.32. The van der Waals surface area contributed by atoms with Gasteiger partial charge in [-0.25, -0.2) is 0 Å². The molecule has 0 radical (unpaired) electrons. The molecule has 1 N–H and O–H groups in total. The Labute approximate surface area is 123 Å². The van der Waals surface area contributed by atoms with E-state index >= 15 is 0 Å². The second-order valence-corrected chi connectivity index (χ2v) is 5.91. The summed E-state index contributed by atoms with van der Waals surface area (Å²) in [5.41, 5.74) is 1.10. The molecule has 0 bridgehead atoms. The molecule has 2 heterocycles. The Morgan fingerprint density at radius 3 is 2.89 bits per heavy atom. The minimum absolute atomic E-state index is 0.565. The van der Waals surface area contributed by atoms with Gasteiger partial charge in [-0.3, -0.25) is 4.98 Å². The number of halogens is 1. The highest BCUT2D eigenvalue weighted by Crippen LogP contribution is 2.19. The van der Waals surface area contributed by atoms with Crippen LogP contribution in [0.2, 0.25) is 0 Å². The molecule has 1 aliphatic heterocycles. The first-order valence-electron chi connectivity index (χ1n) is 6.86. The average Bonchev–Trinajstić information content (AvgIpc) is 2.41. The third kappa shape index (κ3) is 5.09. The summed E-state index contributed by atoms with van der Waals surface area (Å²) >= 11 is 3.45. The number of nitrogens with one attached hydrogen (secondary N) is 1. The molecule has 19 heavy (non-hydrogen) atoms. The van der Waals surface area contributed by atoms with E-state index in [0.717, 1.165) is 29.7 Å². The first-order chi connectivity index (χ1) is 9.28. The van der Waals surface area contributed by atoms with E-state index in [1.165, 1.54) is 25.9 Å². The molecule has 1 aromatic heterocycles. The van der Waals surface area contributed by atoms with E-state index in [9.17, 15) is 0 Å². The summed E-state index contributed by atoms with van der Waals surface area (Å²) < 4.78 is 6.12. The molecule has 2 rings (SSSR count). The number of hydrogen-bond donors (Lipinski definition) is 1. The minimum Gasteiger partial charge on any atom is -0.385 e. The first kappa shape index (κ1) is 14.8. The van der Waals surface area contributed by atoms with Gasteiger partial charge in [0.25, 0.3) is 0 Å². The van der Waals surface area contributed by atoms with Crippen LogP contribution in [0.15, 0.2) is 22.9 Å². The largest absolute Gasteiger partial charge is 0.385 e. The van der Waals surface area contributed by atoms with E-state index in [2.05, 4.69) is 37.2 Å². The number of likely N-dealkylation sites (tertiary alicyclic amines) is 1. The van der Waals surface area contributed by atoms with Crippen molar-refractivity contribution in [3.05, 3.63) is 22.9 Å². The molecule has 0 aromatic carbocycles. The summed E-state index contributed by atoms with van der Waals surface area (Å²) in [6.45, 7) is 4.35. The van der Waals surface area contributed by atoms with Crippen molar-refractivity contribution in [3.63, 3.8) is 0 Å². The van der Waals surface area contributed by atoms with Gasteiger partial charge in [-0.05, 0) is 41.3 Å². The van der Waals surface area contributed by atoms with Crippen LogP contribution in [-0.4, -0.2) is 49.3 Å². The second kappa shape index (κ2) is 7.82. The van der Waals surface area contributed by atoms with Crippen LogP contribution < -0.4 is 5.32 Å². The standard InChI is InChI=1S/C14H22BrN3O/c1-19-8-2-5-18-6-3-13(4-7-18)17-14-9-12(15)10-16-11-14/h9-11,13,17H,2-8H2,1H3. The van der Waals surface area contributed by atoms with E-state index in [1.807, 2.05) is 12.4 Å². The van der Waals surface area contributed by atoms with Gasteiger partial charge in [0.05, 0.1) is 11.9 Å². The number of pyridine rings is 1. The van der Waals surface area contributed by atoms with Crippen molar-refractivity contribution >= 4 is 21.6 Å². The Bertz CT molecular complexity index is 381. The number of aromatic nitrogens is 1. The molecule has 0 spiro atoms. The molecule has 106 valence electrons. The quantitative estimate of drug-likeness (QED) is 0.815. The monoisotopic (exact) mass is 327 g/mol. The second-order valence-electron chi connectivity index (χ2n) is 5.00. The zero-order chi connectivity index (χ0) is 13.5. The van der Waals surface area contributed by atoms with Gasteiger partial charge in [0.15, 0.2) is 0 Å². The zero-order valence-corrected chi connectivity index (χ0v) is 13.0. The summed E-state index contributed by atoms with van der Waals surface area (Å²) in [5.74, 6) is 0. The van der Waals surface area contributed by atoms with Gasteiger partial charge in [0.1, 0.15) is 0 Å². The fraction of sp³-hybridized carbons (Fsp3) is 0.643. The highest BCUT2D eigenvalue weighted by molar-refractivity contribution is 9.10. The maximum Gasteiger partial charge on any atom is 0.0540 e. The third-order valence-electron chi connectivity index (χ3n) is 3.49. The molecule has 1 aliphatic rings. The number of piperidine rings is 1. The van der Waals surface area contributed by atoms with Gasteiger partial charge in [-0.15, -0.1) is 0 Å². The van der Waals surface area contributed by atoms with Gasteiger partial charge < -0.3 is 15.0 Å². The highest BCUT2D eigenvalue weighted by Gasteiger charge is 2.18. The lowest BCUT2D eigenvalue weighted by Crippen LogP contribution is -2.39. The van der Waals surface area contributed by atoms with Crippen LogP contribution in [0.4, 0.5) is 5.69 Å². The minimum atomic E-state index is 0.565. The summed E-state index contributed by atoms with van der Waals surface area (Å²) in [6.07, 6.45) is 7.21. The molecule has 1 saturated heterocycles. The number of methoxy groups -OCH3 is 1. The molecule has 1 fully saturated rings. The van der Waals surface area contributed by atoms with Crippen molar-refractivity contribution < 1.29 is 4.74 Å². The molecular weight excluding hydrogens is 306 g/mol. The Morgan fingerprint density at radius 2 is 2.21 bits per heavy atom. The lowest BCUT2D eigenvalue weighted by molar-refractivity contribution is 0.159. The summed E-state index contributed by atoms with van der Waals surface area (Å²) in [4.78, 5) is 6.71. The van der Waals surface area contributed by atoms with Crippen LogP contribution in [0.5, 0.6) is 0 Å². The molecule has 0 saturated carbocycles. The first-order valence-corrected chi connectivity index (χ1v) is 7.65. The number of hydrogen-bond acceptors (Lipinski definition) is 4. The molecule has 0 atom stereocenters. The van der Waals surface area contributed by atoms with Crippen molar-refractivity contribution in [2.24, 2.45) is 0 Å². The van der Waals surface area contributed by atoms with E-state index < -0.39 is 0 Å². The summed E-state index contributed by atoms with van der Waals surface area (Å²) in [5, 5.41) is 3.57. The lowest BCUT2D eigenvalue weighted by atomic mass is 10.0. The van der Waals surface area contributed by atoms with Crippen LogP contribution in [0, 0.1) is 0 Å². The maximum absolute atomic E-state index is 5.09. The van der Waals surface area contributed by atoms with Crippen molar-refractivity contribution in [2.45, 2.75) is 25.3 Å². The molecule has 1 aromatic rings. The Morgan fingerprint density at radius 1 is 1.42 bits per heavy atom. The van der Waals surface area contributed by atoms with Gasteiger partial charge >= 0.3 is 0 Å². The fourth-order valence-corrected chi connectivity index (χ4v) is 2.82. The van der Waals surface area contributed by atoms with E-state index in [-0.39, 0.29) is 0 Å². The smallest absolute Gasteiger partial charge is 0.0540 e. The van der Waals surface area contributed by atoms with Gasteiger partial charge in [0.2, 0.25) is 0 Å². The third-order valence-corrected chi connectivity index (χ3v) is 3.92. The van der Waals surface area contributed by atoms with Gasteiger partial charge in [0, 0.05) is 50.1 Å². The number of ether oxygens (including phenoxy) is 1. The highest BCUT2D eigenvalue weighted by atomic mass is 79.9.